The Morgan fingerprint density at radius 1 is 0.912 bits per heavy atom. The number of hydrogen-bond acceptors (Lipinski definition) is 3. The van der Waals surface area contributed by atoms with E-state index in [1.807, 2.05) is 36.4 Å². The topological polar surface area (TPSA) is 56.1 Å². The van der Waals surface area contributed by atoms with Crippen LogP contribution in [0.15, 0.2) is 78.9 Å². The van der Waals surface area contributed by atoms with Gasteiger partial charge in [0.2, 0.25) is 0 Å². The van der Waals surface area contributed by atoms with Crippen molar-refractivity contribution in [3.63, 3.8) is 0 Å². The molecule has 0 fully saturated rings. The number of unbranched alkanes of at least 4 members (excludes halogenated alkanes) is 1. The minimum absolute atomic E-state index is 0.0292. The number of aromatic nitrogens is 2. The first kappa shape index (κ1) is 23.6. The zero-order valence-electron chi connectivity index (χ0n) is 19.9. The van der Waals surface area contributed by atoms with Gasteiger partial charge in [0.25, 0.3) is 5.91 Å². The number of carbonyl (C=O) groups is 1. The molecule has 34 heavy (non-hydrogen) atoms. The highest BCUT2D eigenvalue weighted by Crippen LogP contribution is 2.19. The van der Waals surface area contributed by atoms with Gasteiger partial charge in [0.1, 0.15) is 11.6 Å². The summed E-state index contributed by atoms with van der Waals surface area (Å²) in [4.78, 5) is 17.1. The van der Waals surface area contributed by atoms with Gasteiger partial charge in [-0.1, -0.05) is 49.4 Å². The number of fused-ring (bicyclic) bond motifs is 1. The van der Waals surface area contributed by atoms with Crippen molar-refractivity contribution in [2.24, 2.45) is 0 Å². The quantitative estimate of drug-likeness (QED) is 0.274. The first-order valence-electron chi connectivity index (χ1n) is 12.2. The molecule has 4 rings (SSSR count). The van der Waals surface area contributed by atoms with Gasteiger partial charge in [0, 0.05) is 25.1 Å². The monoisotopic (exact) mass is 455 g/mol. The van der Waals surface area contributed by atoms with Crippen LogP contribution in [-0.4, -0.2) is 28.6 Å². The lowest BCUT2D eigenvalue weighted by molar-refractivity contribution is 0.0953. The second kappa shape index (κ2) is 12.0. The van der Waals surface area contributed by atoms with Crippen LogP contribution in [0.25, 0.3) is 11.0 Å². The maximum atomic E-state index is 12.3. The van der Waals surface area contributed by atoms with E-state index in [-0.39, 0.29) is 5.91 Å². The molecule has 0 saturated carbocycles. The fourth-order valence-electron chi connectivity index (χ4n) is 4.09. The molecule has 176 valence electrons. The summed E-state index contributed by atoms with van der Waals surface area (Å²) in [5.41, 5.74) is 4.21. The molecule has 0 saturated heterocycles. The highest BCUT2D eigenvalue weighted by molar-refractivity contribution is 5.94. The number of ether oxygens (including phenoxy) is 1. The van der Waals surface area contributed by atoms with E-state index in [1.165, 1.54) is 11.1 Å². The van der Waals surface area contributed by atoms with Crippen LogP contribution >= 0.6 is 0 Å². The first-order valence-corrected chi connectivity index (χ1v) is 12.2. The molecule has 0 aliphatic heterocycles. The summed E-state index contributed by atoms with van der Waals surface area (Å²) in [5, 5.41) is 3.01. The van der Waals surface area contributed by atoms with E-state index in [4.69, 9.17) is 9.72 Å². The Morgan fingerprint density at radius 2 is 1.68 bits per heavy atom. The van der Waals surface area contributed by atoms with Crippen LogP contribution in [0.2, 0.25) is 0 Å². The average Bonchev–Trinajstić information content (AvgIpc) is 3.24. The number of rotatable bonds is 12. The lowest BCUT2D eigenvalue weighted by atomic mass is 10.2. The summed E-state index contributed by atoms with van der Waals surface area (Å²) < 4.78 is 8.24. The fraction of sp³-hybridized carbons (Fsp3) is 0.310. The summed E-state index contributed by atoms with van der Waals surface area (Å²) in [7, 11) is 0. The molecule has 0 radical (unpaired) electrons. The van der Waals surface area contributed by atoms with E-state index < -0.39 is 0 Å². The van der Waals surface area contributed by atoms with E-state index >= 15 is 0 Å². The first-order chi connectivity index (χ1) is 16.7. The van der Waals surface area contributed by atoms with Crippen molar-refractivity contribution in [2.75, 3.05) is 13.2 Å². The lowest BCUT2D eigenvalue weighted by Gasteiger charge is -2.11. The van der Waals surface area contributed by atoms with Crippen LogP contribution in [0.1, 0.15) is 47.9 Å². The van der Waals surface area contributed by atoms with Crippen molar-refractivity contribution >= 4 is 16.9 Å². The molecule has 3 aromatic carbocycles. The van der Waals surface area contributed by atoms with Gasteiger partial charge in [-0.3, -0.25) is 4.79 Å². The van der Waals surface area contributed by atoms with Gasteiger partial charge in [0.05, 0.1) is 17.6 Å². The van der Waals surface area contributed by atoms with Crippen LogP contribution in [0, 0.1) is 0 Å². The molecule has 1 amide bonds. The zero-order chi connectivity index (χ0) is 23.6. The molecule has 1 aromatic heterocycles. The molecule has 0 aliphatic rings. The van der Waals surface area contributed by atoms with E-state index in [0.717, 1.165) is 55.7 Å². The smallest absolute Gasteiger partial charge is 0.251 e. The second-order valence-corrected chi connectivity index (χ2v) is 8.45. The minimum Gasteiger partial charge on any atom is -0.494 e. The second-order valence-electron chi connectivity index (χ2n) is 8.45. The van der Waals surface area contributed by atoms with Crippen molar-refractivity contribution in [3.05, 3.63) is 95.8 Å². The molecule has 4 aromatic rings. The standard InChI is InChI=1S/C29H33N3O2/c1-2-23-16-18-25(19-17-23)34-22-9-8-21-32-27-14-7-6-13-26(27)31-28(32)15-10-20-30-29(33)24-11-4-3-5-12-24/h3-7,11-14,16-19H,2,8-10,15,20-22H2,1H3,(H,30,33). The third kappa shape index (κ3) is 6.25. The van der Waals surface area contributed by atoms with E-state index in [0.29, 0.717) is 18.7 Å². The zero-order valence-corrected chi connectivity index (χ0v) is 19.9. The van der Waals surface area contributed by atoms with Gasteiger partial charge in [-0.25, -0.2) is 4.98 Å². The van der Waals surface area contributed by atoms with Crippen molar-refractivity contribution < 1.29 is 9.53 Å². The SMILES string of the molecule is CCc1ccc(OCCCCn2c(CCCNC(=O)c3ccccc3)nc3ccccc32)cc1. The molecule has 0 spiro atoms. The van der Waals surface area contributed by atoms with E-state index in [1.54, 1.807) is 0 Å². The maximum absolute atomic E-state index is 12.3. The highest BCUT2D eigenvalue weighted by atomic mass is 16.5. The summed E-state index contributed by atoms with van der Waals surface area (Å²) in [6.07, 6.45) is 4.71. The summed E-state index contributed by atoms with van der Waals surface area (Å²) >= 11 is 0. The number of amides is 1. The van der Waals surface area contributed by atoms with Gasteiger partial charge in [0.15, 0.2) is 0 Å². The normalized spacial score (nSPS) is 11.0. The molecule has 5 nitrogen and oxygen atoms in total. The maximum Gasteiger partial charge on any atom is 0.251 e. The van der Waals surface area contributed by atoms with Crippen LogP contribution in [0.4, 0.5) is 0 Å². The van der Waals surface area contributed by atoms with Crippen LogP contribution < -0.4 is 10.1 Å². The number of nitrogens with one attached hydrogen (secondary N) is 1. The van der Waals surface area contributed by atoms with Crippen LogP contribution in [0.5, 0.6) is 5.75 Å². The summed E-state index contributed by atoms with van der Waals surface area (Å²) in [6, 6.07) is 26.0. The van der Waals surface area contributed by atoms with Crippen LogP contribution in [-0.2, 0) is 19.4 Å². The highest BCUT2D eigenvalue weighted by Gasteiger charge is 2.11. The van der Waals surface area contributed by atoms with Gasteiger partial charge in [-0.15, -0.1) is 0 Å². The van der Waals surface area contributed by atoms with Gasteiger partial charge in [-0.2, -0.15) is 0 Å². The third-order valence-electron chi connectivity index (χ3n) is 6.01. The number of nitrogens with zero attached hydrogens (tertiary/aromatic N) is 2. The molecule has 0 atom stereocenters. The predicted octanol–water partition coefficient (Wildman–Crippen LogP) is 5.82. The molecule has 1 heterocycles. The van der Waals surface area contributed by atoms with Crippen molar-refractivity contribution in [3.8, 4) is 5.75 Å². The van der Waals surface area contributed by atoms with E-state index in [2.05, 4.69) is 59.3 Å². The Bertz CT molecular complexity index is 1180. The number of imidazole rings is 1. The van der Waals surface area contributed by atoms with Gasteiger partial charge < -0.3 is 14.6 Å². The van der Waals surface area contributed by atoms with Crippen molar-refractivity contribution in [1.29, 1.82) is 0 Å². The van der Waals surface area contributed by atoms with Crippen LogP contribution in [0.3, 0.4) is 0 Å². The largest absolute Gasteiger partial charge is 0.494 e. The Morgan fingerprint density at radius 3 is 2.47 bits per heavy atom. The van der Waals surface area contributed by atoms with E-state index in [9.17, 15) is 4.79 Å². The summed E-state index contributed by atoms with van der Waals surface area (Å²) in [6.45, 7) is 4.40. The number of aryl methyl sites for hydroxylation is 3. The van der Waals surface area contributed by atoms with Crippen molar-refractivity contribution in [2.45, 2.75) is 45.6 Å². The fourth-order valence-corrected chi connectivity index (χ4v) is 4.09. The van der Waals surface area contributed by atoms with Gasteiger partial charge >= 0.3 is 0 Å². The molecule has 0 aliphatic carbocycles. The Balaban J connectivity index is 1.27. The molecule has 0 unspecified atom stereocenters. The third-order valence-corrected chi connectivity index (χ3v) is 6.01. The average molecular weight is 456 g/mol. The molecular weight excluding hydrogens is 422 g/mol. The number of benzene rings is 3. The molecule has 5 heteroatoms. The van der Waals surface area contributed by atoms with Gasteiger partial charge in [-0.05, 0) is 67.6 Å². The Hall–Kier alpha value is -3.60. The minimum atomic E-state index is -0.0292. The predicted molar refractivity (Wildman–Crippen MR) is 137 cm³/mol. The Kier molecular flexibility index (Phi) is 8.33. The Labute approximate surface area is 201 Å². The number of hydrogen-bond donors (Lipinski definition) is 1. The molecule has 0 bridgehead atoms. The lowest BCUT2D eigenvalue weighted by Crippen LogP contribution is -2.24. The number of carbonyl (C=O) groups excluding carboxylic acids is 1. The molecule has 1 N–H and O–H groups in total. The summed E-state index contributed by atoms with van der Waals surface area (Å²) in [5.74, 6) is 1.98. The van der Waals surface area contributed by atoms with Crippen molar-refractivity contribution in [1.82, 2.24) is 14.9 Å². The molecular formula is C29H33N3O2. The number of para-hydroxylation sites is 2.